The molecule has 0 atom stereocenters. The van der Waals surface area contributed by atoms with E-state index in [0.29, 0.717) is 12.9 Å². The first-order valence-electron chi connectivity index (χ1n) is 41.9. The van der Waals surface area contributed by atoms with Gasteiger partial charge >= 0.3 is 49.6 Å². The summed E-state index contributed by atoms with van der Waals surface area (Å²) in [5.74, 6) is 2.73. The van der Waals surface area contributed by atoms with Crippen molar-refractivity contribution >= 4 is 59.2 Å². The van der Waals surface area contributed by atoms with Gasteiger partial charge < -0.3 is 46.0 Å². The van der Waals surface area contributed by atoms with Crippen LogP contribution < -0.4 is 10.00 Å². The van der Waals surface area contributed by atoms with Gasteiger partial charge in [-0.25, -0.2) is 11.1 Å². The van der Waals surface area contributed by atoms with Gasteiger partial charge in [-0.1, -0.05) is 220 Å². The second-order valence-electron chi connectivity index (χ2n) is 26.8. The number of phenolic OH excluding ortho intramolecular Hbond substituents is 1. The van der Waals surface area contributed by atoms with Gasteiger partial charge in [0.25, 0.3) is 0 Å². The van der Waals surface area contributed by atoms with E-state index >= 15 is 0 Å². The third-order valence-corrected chi connectivity index (χ3v) is 18.1. The summed E-state index contributed by atoms with van der Waals surface area (Å²) in [6, 6.07) is 164. The fourth-order valence-electron chi connectivity index (χ4n) is 12.3. The SMILES string of the molecule is CC.CF.Cc1cc(C(F)(F)F)n[n-]1.FF.FF.Oc1ccccc1.[Au+3].[C-]#Cc1ccc(N(c2ccccc2)c2ccccc2)cc1.[CH-]=O.[CH-]=O.[CH-]=O.[Pt+2].[Pt].[Re].[c-]1c(-c2ccccn2)cccc1-c1ccccn1.[c-]1ccccc1.[c-]1ccccc1.[c-]1ccccc1-c1[c-]cccc1.[c-]1ccccc1-c1cccc(-c2[c-]cccc2)n1.c1ccc(-c2ccnc3c2ccc2c(-c4ccccc4)ccnc23)cc1. The fraction of sp³-hybridized carbons (Fsp3) is 0.0424. The van der Waals surface area contributed by atoms with Gasteiger partial charge in [0.1, 0.15) is 11.4 Å². The Kier molecular flexibility index (Phi) is 67.6. The number of fused-ring (bicyclic) bond motifs is 3. The van der Waals surface area contributed by atoms with Gasteiger partial charge in [0, 0.05) is 124 Å². The van der Waals surface area contributed by atoms with Crippen LogP contribution in [0.1, 0.15) is 30.8 Å². The molecule has 0 amide bonds. The van der Waals surface area contributed by atoms with Gasteiger partial charge in [-0.3, -0.25) is 50.6 Å². The van der Waals surface area contributed by atoms with Crippen molar-refractivity contribution in [2.24, 2.45) is 0 Å². The van der Waals surface area contributed by atoms with Gasteiger partial charge in [0.05, 0.1) is 18.2 Å². The molecule has 6 heterocycles. The van der Waals surface area contributed by atoms with Crippen molar-refractivity contribution in [3.63, 3.8) is 0 Å². The molecule has 0 aliphatic rings. The topological polar surface area (TPSA) is 166 Å². The van der Waals surface area contributed by atoms with Gasteiger partial charge in [-0.05, 0) is 94.3 Å². The number of aryl methyl sites for hydroxylation is 1. The zero-order valence-electron chi connectivity index (χ0n) is 76.7. The Morgan fingerprint density at radius 2 is 0.676 bits per heavy atom. The molecule has 0 spiro atoms. The smallest absolute Gasteiger partial charge is 0.579 e. The van der Waals surface area contributed by atoms with Gasteiger partial charge in [0.2, 0.25) is 0 Å². The molecule has 729 valence electrons. The summed E-state index contributed by atoms with van der Waals surface area (Å²) in [7, 11) is 0.500. The number of carbonyl (C=O) groups excluding carboxylic acids is 3. The number of hydrogen-bond acceptors (Lipinski definition) is 11. The standard InChI is InChI=1S/C24H16N2.C20H14N.C17H11N.C16H11N2.C12H8.C6H6O.2C6H5.C5H4F3N2.C2H6.CH3F.3CHO.Au.2F2.2Pt.Re/c1-3-7-17(8-4-1)19-13-15-25-23-21(19)11-12-22-20(14-16-26-24(22)23)18-9-5-2-6-10-18;1-2-17-13-15-20(16-14-17)21(18-9-5-3-6-10-18)19-11-7-4-8-12-19;1-3-8-14(9-4-1)16-12-7-13-17(18-16)15-10-5-2-6-11-15;1-3-10-17-15(8-1)13-6-5-7-14(12-13)16-9-2-4-11-18-16;1-3-7-11(8-4-1)12-9-5-2-6-10-12;7-6-4-2-1-3-5-6;2*1-2-4-6-5-3-1;1-3-2-4(10-9-3)5(6,7)8;5*1-2;;2*1-2;;;/h1-16H;3-16H;1-8,10,12-13H;1-11H;1-7,9H;1-5,7H;2*1-5H;2H,1H3;1-2H3;1H3;3*1H;;;;;;/q;-1;-2;-1;-2;;3*-1;;;3*-1;+3;;;;+2;. The molecule has 0 saturated carbocycles. The minimum atomic E-state index is -4.36. The quantitative estimate of drug-likeness (QED) is 0.0344. The van der Waals surface area contributed by atoms with Crippen LogP contribution in [0.5, 0.6) is 5.75 Å². The first-order valence-corrected chi connectivity index (χ1v) is 41.9. The third kappa shape index (κ3) is 44.0. The monoisotopic (exact) mass is 2610 g/mol. The van der Waals surface area contributed by atoms with E-state index in [1.54, 1.807) is 36.7 Å². The first-order chi connectivity index (χ1) is 68.0. The van der Waals surface area contributed by atoms with Crippen molar-refractivity contribution < 1.29 is 140 Å². The van der Waals surface area contributed by atoms with Crippen molar-refractivity contribution in [3.8, 4) is 90.1 Å². The normalized spacial score (nSPS) is 9.09. The van der Waals surface area contributed by atoms with Crippen LogP contribution >= 0.6 is 0 Å². The molecule has 0 bridgehead atoms. The molecule has 24 heteroatoms. The van der Waals surface area contributed by atoms with E-state index in [0.717, 1.165) is 107 Å². The largest absolute Gasteiger partial charge is 3.00 e. The van der Waals surface area contributed by atoms with E-state index in [1.807, 2.05) is 336 Å². The van der Waals surface area contributed by atoms with Crippen LogP contribution in [0.3, 0.4) is 0 Å². The van der Waals surface area contributed by atoms with E-state index < -0.39 is 11.9 Å². The number of nitrogens with zero attached hydrogens (tertiary/aromatic N) is 8. The van der Waals surface area contributed by atoms with E-state index in [4.69, 9.17) is 44.2 Å². The molecule has 0 aliphatic carbocycles. The molecular weight excluding hydrogens is 2520 g/mol. The summed E-state index contributed by atoms with van der Waals surface area (Å²) in [4.78, 5) is 48.1. The Morgan fingerprint density at radius 1 is 0.366 bits per heavy atom. The van der Waals surface area contributed by atoms with E-state index in [1.165, 1.54) is 29.2 Å². The predicted octanol–water partition coefficient (Wildman–Crippen LogP) is 30.0. The molecule has 1 N–H and O–H groups in total. The summed E-state index contributed by atoms with van der Waals surface area (Å²) in [5.41, 5.74) is 20.0. The van der Waals surface area contributed by atoms with E-state index in [9.17, 15) is 17.6 Å². The van der Waals surface area contributed by atoms with Crippen molar-refractivity contribution in [1.82, 2.24) is 35.1 Å². The zero-order chi connectivity index (χ0) is 99.9. The number of aromatic nitrogens is 7. The number of rotatable bonds is 10. The number of benzene rings is 14. The molecule has 14 aromatic carbocycles. The predicted molar refractivity (Wildman–Crippen MR) is 538 cm³/mol. The Labute approximate surface area is 883 Å². The van der Waals surface area contributed by atoms with Crippen LogP contribution in [0, 0.1) is 61.7 Å². The third-order valence-electron chi connectivity index (χ3n) is 18.1. The molecule has 20 aromatic rings. The maximum Gasteiger partial charge on any atom is 3.00 e. The molecule has 6 aromatic heterocycles. The Hall–Kier alpha value is -15.1. The molecule has 12 nitrogen and oxygen atoms in total. The number of para-hydroxylation sites is 3. The van der Waals surface area contributed by atoms with Crippen molar-refractivity contribution in [2.75, 3.05) is 12.1 Å². The summed E-state index contributed by atoms with van der Waals surface area (Å²) in [6.07, 6.45) is 10.2. The zero-order valence-corrected chi connectivity index (χ0v) is 86.1. The van der Waals surface area contributed by atoms with E-state index in [2.05, 4.69) is 206 Å². The average molecular weight is 2610 g/mol. The van der Waals surface area contributed by atoms with Crippen molar-refractivity contribution in [2.45, 2.75) is 26.9 Å². The Bertz CT molecular complexity index is 6080. The molecule has 0 aliphatic heterocycles. The maximum atomic E-state index is 11.7. The second kappa shape index (κ2) is 76.9. The van der Waals surface area contributed by atoms with Gasteiger partial charge in [-0.15, -0.1) is 132 Å². The molecule has 0 unspecified atom stereocenters. The number of pyridine rings is 5. The molecule has 20 rings (SSSR count). The number of halogens is 8. The number of hydrogen-bond donors (Lipinski definition) is 1. The molecule has 1 radical (unpaired) electrons. The Balaban J connectivity index is 0.000000807. The molecule has 142 heavy (non-hydrogen) atoms. The maximum absolute atomic E-state index is 11.7. The minimum absolute atomic E-state index is 0. The van der Waals surface area contributed by atoms with E-state index in [-0.39, 0.29) is 90.6 Å². The number of alkyl halides is 4. The number of phenols is 1. The fourth-order valence-corrected chi connectivity index (χ4v) is 12.3. The van der Waals surface area contributed by atoms with Crippen LogP contribution in [0.2, 0.25) is 0 Å². The summed E-state index contributed by atoms with van der Waals surface area (Å²) < 4.78 is 76.6. The van der Waals surface area contributed by atoms with Crippen molar-refractivity contribution in [1.29, 1.82) is 0 Å². The van der Waals surface area contributed by atoms with Crippen molar-refractivity contribution in [3.05, 3.63) is 527 Å². The van der Waals surface area contributed by atoms with Crippen LogP contribution in [0.4, 0.5) is 52.9 Å². The van der Waals surface area contributed by atoms with Crippen LogP contribution in [-0.2, 0) is 105 Å². The minimum Gasteiger partial charge on any atom is -0.579 e. The van der Waals surface area contributed by atoms with Gasteiger partial charge in [0.15, 0.2) is 0 Å². The summed E-state index contributed by atoms with van der Waals surface area (Å²) in [6.45, 7) is 15.2. The molecular formula is C118H92AuF8N8O4Pt2Re-7. The van der Waals surface area contributed by atoms with Crippen LogP contribution in [0.25, 0.3) is 100 Å². The second-order valence-corrected chi connectivity index (χ2v) is 26.8. The van der Waals surface area contributed by atoms with Crippen LogP contribution in [0.15, 0.2) is 462 Å². The van der Waals surface area contributed by atoms with Crippen LogP contribution in [-0.4, -0.2) is 62.7 Å². The summed E-state index contributed by atoms with van der Waals surface area (Å²) >= 11 is 0. The first kappa shape index (κ1) is 125. The average Bonchev–Trinajstić information content (AvgIpc) is 0.786. The molecule has 0 fully saturated rings. The summed E-state index contributed by atoms with van der Waals surface area (Å²) in [5, 5.41) is 17.0. The molecule has 0 saturated heterocycles. The number of anilines is 3. The number of aromatic hydroxyl groups is 1. The van der Waals surface area contributed by atoms with Gasteiger partial charge in [-0.2, -0.15) is 134 Å². The Morgan fingerprint density at radius 3 is 0.965 bits per heavy atom.